The van der Waals surface area contributed by atoms with Crippen LogP contribution in [-0.2, 0) is 23.1 Å². The molecule has 0 bridgehead atoms. The molecule has 5 rings (SSSR count). The summed E-state index contributed by atoms with van der Waals surface area (Å²) in [6, 6.07) is 20.5. The fourth-order valence-corrected chi connectivity index (χ4v) is 7.13. The minimum Gasteiger partial charge on any atom is -0.493 e. The van der Waals surface area contributed by atoms with Gasteiger partial charge in [0, 0.05) is 51.0 Å². The number of para-hydroxylation sites is 2. The van der Waals surface area contributed by atoms with E-state index in [1.54, 1.807) is 21.3 Å². The van der Waals surface area contributed by atoms with Crippen molar-refractivity contribution in [2.75, 3.05) is 79.2 Å². The molecule has 46 heavy (non-hydrogen) atoms. The summed E-state index contributed by atoms with van der Waals surface area (Å²) in [6.45, 7) is 11.3. The first-order valence-corrected chi connectivity index (χ1v) is 16.6. The number of hydrogen-bond acceptors (Lipinski definition) is 7. The van der Waals surface area contributed by atoms with E-state index >= 15 is 0 Å². The van der Waals surface area contributed by atoms with Crippen LogP contribution in [0.3, 0.4) is 0 Å². The molecule has 2 aliphatic rings. The van der Waals surface area contributed by atoms with Gasteiger partial charge in [-0.25, -0.2) is 0 Å². The second-order valence-electron chi connectivity index (χ2n) is 12.8. The van der Waals surface area contributed by atoms with Crippen LogP contribution in [0.5, 0.6) is 23.0 Å². The Balaban J connectivity index is 1.10. The van der Waals surface area contributed by atoms with Crippen LogP contribution in [0.4, 0.5) is 5.69 Å². The predicted molar refractivity (Wildman–Crippen MR) is 184 cm³/mol. The van der Waals surface area contributed by atoms with Gasteiger partial charge in [-0.15, -0.1) is 0 Å². The number of fused-ring (bicyclic) bond motifs is 1. The highest BCUT2D eigenvalue weighted by Crippen LogP contribution is 2.47. The van der Waals surface area contributed by atoms with Crippen molar-refractivity contribution < 1.29 is 23.7 Å². The minimum absolute atomic E-state index is 0.112. The average molecular weight is 630 g/mol. The van der Waals surface area contributed by atoms with Gasteiger partial charge in [0.15, 0.2) is 11.5 Å². The topological polar surface area (TPSA) is 63.7 Å². The maximum Gasteiger partial charge on any atom is 0.238 e. The molecule has 2 aliphatic heterocycles. The molecule has 0 aromatic heterocycles. The van der Waals surface area contributed by atoms with Crippen LogP contribution >= 0.6 is 0 Å². The Morgan fingerprint density at radius 1 is 0.783 bits per heavy atom. The van der Waals surface area contributed by atoms with E-state index in [4.69, 9.17) is 18.9 Å². The summed E-state index contributed by atoms with van der Waals surface area (Å²) in [6.07, 6.45) is 3.67. The van der Waals surface area contributed by atoms with Gasteiger partial charge in [-0.05, 0) is 73.5 Å². The molecule has 0 saturated carbocycles. The molecule has 0 spiro atoms. The van der Waals surface area contributed by atoms with Crippen molar-refractivity contribution in [3.8, 4) is 23.0 Å². The molecule has 248 valence electrons. The lowest BCUT2D eigenvalue weighted by molar-refractivity contribution is -0.126. The van der Waals surface area contributed by atoms with Crippen molar-refractivity contribution in [1.82, 2.24) is 9.80 Å². The number of carbonyl (C=O) groups excluding carboxylic acids is 1. The quantitative estimate of drug-likeness (QED) is 0.208. The van der Waals surface area contributed by atoms with Crippen molar-refractivity contribution in [3.63, 3.8) is 0 Å². The average Bonchev–Trinajstić information content (AvgIpc) is 3.08. The zero-order valence-electron chi connectivity index (χ0n) is 28.5. The van der Waals surface area contributed by atoms with Gasteiger partial charge in [0.25, 0.3) is 0 Å². The van der Waals surface area contributed by atoms with Crippen molar-refractivity contribution in [2.24, 2.45) is 5.92 Å². The second kappa shape index (κ2) is 15.2. The van der Waals surface area contributed by atoms with Crippen molar-refractivity contribution >= 4 is 11.6 Å². The first-order valence-electron chi connectivity index (χ1n) is 16.6. The van der Waals surface area contributed by atoms with Crippen LogP contribution in [0, 0.1) is 5.92 Å². The van der Waals surface area contributed by atoms with Crippen LogP contribution in [0.2, 0.25) is 0 Å². The van der Waals surface area contributed by atoms with E-state index in [-0.39, 0.29) is 11.8 Å². The number of hydrogen-bond donors (Lipinski definition) is 0. The van der Waals surface area contributed by atoms with Gasteiger partial charge in [-0.1, -0.05) is 50.2 Å². The Morgan fingerprint density at radius 3 is 2.07 bits per heavy atom. The van der Waals surface area contributed by atoms with Crippen molar-refractivity contribution in [1.29, 1.82) is 0 Å². The maximum atomic E-state index is 14.0. The summed E-state index contributed by atoms with van der Waals surface area (Å²) in [5, 5.41) is 0. The number of carbonyl (C=O) groups is 1. The molecule has 0 aliphatic carbocycles. The zero-order chi connectivity index (χ0) is 32.7. The molecule has 1 unspecified atom stereocenters. The van der Waals surface area contributed by atoms with Gasteiger partial charge in [0.05, 0.1) is 33.4 Å². The predicted octanol–water partition coefficient (Wildman–Crippen LogP) is 5.84. The third kappa shape index (κ3) is 6.98. The first-order chi connectivity index (χ1) is 22.3. The van der Waals surface area contributed by atoms with E-state index in [0.29, 0.717) is 30.3 Å². The number of rotatable bonds is 14. The fourth-order valence-electron chi connectivity index (χ4n) is 7.13. The smallest absolute Gasteiger partial charge is 0.238 e. The summed E-state index contributed by atoms with van der Waals surface area (Å²) in [5.41, 5.74) is 3.72. The summed E-state index contributed by atoms with van der Waals surface area (Å²) >= 11 is 0. The Hall–Kier alpha value is -3.75. The Labute approximate surface area is 275 Å². The molecule has 1 atom stereocenters. The molecule has 1 saturated heterocycles. The normalized spacial score (nSPS) is 18.8. The highest BCUT2D eigenvalue weighted by Gasteiger charge is 2.50. The van der Waals surface area contributed by atoms with E-state index in [0.717, 1.165) is 75.5 Å². The standard InChI is InChI=1S/C38H51N3O5/c1-28(2)38(27-30-13-7-9-15-32(30)39(3)37(38)42)31-14-8-10-16-33(31)46-24-12-11-18-40-20-22-41(23-21-40)19-17-29-25-34(43-4)36(45-6)35(26-29)44-5/h7-10,13-16,25-26,28H,11-12,17-24,27H2,1-6H3. The summed E-state index contributed by atoms with van der Waals surface area (Å²) < 4.78 is 23.0. The summed E-state index contributed by atoms with van der Waals surface area (Å²) in [7, 11) is 6.85. The highest BCUT2D eigenvalue weighted by molar-refractivity contribution is 6.04. The second-order valence-corrected chi connectivity index (χ2v) is 12.8. The number of benzene rings is 3. The largest absolute Gasteiger partial charge is 0.493 e. The molecule has 1 amide bonds. The number of unbranched alkanes of at least 4 members (excludes halogenated alkanes) is 1. The van der Waals surface area contributed by atoms with Gasteiger partial charge in [0.1, 0.15) is 5.75 Å². The van der Waals surface area contributed by atoms with Crippen molar-refractivity contribution in [3.05, 3.63) is 77.4 Å². The Morgan fingerprint density at radius 2 is 1.41 bits per heavy atom. The maximum absolute atomic E-state index is 14.0. The van der Waals surface area contributed by atoms with Gasteiger partial charge < -0.3 is 33.6 Å². The number of methoxy groups -OCH3 is 3. The van der Waals surface area contributed by atoms with Gasteiger partial charge >= 0.3 is 0 Å². The summed E-state index contributed by atoms with van der Waals surface area (Å²) in [4.78, 5) is 20.9. The van der Waals surface area contributed by atoms with E-state index in [1.165, 1.54) is 11.1 Å². The molecule has 0 radical (unpaired) electrons. The lowest BCUT2D eigenvalue weighted by atomic mass is 9.64. The first kappa shape index (κ1) is 33.6. The number of piperazine rings is 1. The van der Waals surface area contributed by atoms with E-state index < -0.39 is 5.41 Å². The van der Waals surface area contributed by atoms with Gasteiger partial charge in [-0.3, -0.25) is 4.79 Å². The molecule has 0 N–H and O–H groups in total. The fraction of sp³-hybridized carbons (Fsp3) is 0.500. The van der Waals surface area contributed by atoms with E-state index in [9.17, 15) is 4.79 Å². The molecule has 3 aromatic rings. The van der Waals surface area contributed by atoms with Crippen LogP contribution in [0.15, 0.2) is 60.7 Å². The molecule has 1 fully saturated rings. The molecule has 2 heterocycles. The molecular formula is C38H51N3O5. The number of anilines is 1. The van der Waals surface area contributed by atoms with Gasteiger partial charge in [0.2, 0.25) is 11.7 Å². The Kier molecular flexibility index (Phi) is 11.1. The monoisotopic (exact) mass is 629 g/mol. The molecular weight excluding hydrogens is 578 g/mol. The molecule has 8 nitrogen and oxygen atoms in total. The van der Waals surface area contributed by atoms with Gasteiger partial charge in [-0.2, -0.15) is 0 Å². The Bertz CT molecular complexity index is 1440. The number of ether oxygens (including phenoxy) is 4. The van der Waals surface area contributed by atoms with Crippen LogP contribution in [-0.4, -0.2) is 90.0 Å². The lowest BCUT2D eigenvalue weighted by Crippen LogP contribution is -2.53. The number of likely N-dealkylation sites (N-methyl/N-ethyl adjacent to an activating group) is 1. The number of amides is 1. The highest BCUT2D eigenvalue weighted by atomic mass is 16.5. The summed E-state index contributed by atoms with van der Waals surface area (Å²) in [5.74, 6) is 3.12. The lowest BCUT2D eigenvalue weighted by Gasteiger charge is -2.44. The van der Waals surface area contributed by atoms with Crippen LogP contribution < -0.4 is 23.8 Å². The zero-order valence-corrected chi connectivity index (χ0v) is 28.5. The third-order valence-electron chi connectivity index (χ3n) is 9.89. The minimum atomic E-state index is -0.662. The molecule has 3 aromatic carbocycles. The van der Waals surface area contributed by atoms with Crippen molar-refractivity contribution in [2.45, 2.75) is 44.9 Å². The van der Waals surface area contributed by atoms with Crippen LogP contribution in [0.1, 0.15) is 43.4 Å². The van der Waals surface area contributed by atoms with E-state index in [2.05, 4.69) is 41.8 Å². The SMILES string of the molecule is COc1cc(CCN2CCN(CCCCOc3ccccc3C3(C(C)C)Cc4ccccc4N(C)C3=O)CC2)cc(OC)c1OC. The van der Waals surface area contributed by atoms with E-state index in [1.807, 2.05) is 54.4 Å². The third-order valence-corrected chi connectivity index (χ3v) is 9.89. The van der Waals surface area contributed by atoms with Crippen LogP contribution in [0.25, 0.3) is 0 Å². The number of nitrogens with zero attached hydrogens (tertiary/aromatic N) is 3. The molecule has 8 heteroatoms.